The average Bonchev–Trinajstić information content (AvgIpc) is 3.16. The van der Waals surface area contributed by atoms with E-state index in [1.54, 1.807) is 25.1 Å². The molecule has 1 saturated heterocycles. The van der Waals surface area contributed by atoms with E-state index >= 15 is 0 Å². The summed E-state index contributed by atoms with van der Waals surface area (Å²) in [5, 5.41) is 19.7. The second kappa shape index (κ2) is 7.44. The smallest absolute Gasteiger partial charge is 0.133 e. The van der Waals surface area contributed by atoms with E-state index in [0.717, 1.165) is 25.9 Å². The fraction of sp³-hybridized carbons (Fsp3) is 0.476. The fourth-order valence-electron chi connectivity index (χ4n) is 4.36. The molecular formula is C21H25FN2O3. The number of nitrogens with zero attached hydrogens (tertiary/aromatic N) is 2. The predicted octanol–water partition coefficient (Wildman–Crippen LogP) is 3.06. The molecule has 4 rings (SSSR count). The summed E-state index contributed by atoms with van der Waals surface area (Å²) in [5.74, 6) is 1.57. The first kappa shape index (κ1) is 18.2. The number of aliphatic hydroxyl groups excluding tert-OH is 1. The Labute approximate surface area is 158 Å². The minimum absolute atomic E-state index is 0.0983. The van der Waals surface area contributed by atoms with E-state index in [-0.39, 0.29) is 17.7 Å². The molecule has 1 aliphatic carbocycles. The zero-order valence-electron chi connectivity index (χ0n) is 15.4. The lowest BCUT2D eigenvalue weighted by Gasteiger charge is -2.22. The van der Waals surface area contributed by atoms with Crippen LogP contribution in [0.15, 0.2) is 36.5 Å². The van der Waals surface area contributed by atoms with Crippen LogP contribution in [0.1, 0.15) is 30.2 Å². The van der Waals surface area contributed by atoms with Gasteiger partial charge >= 0.3 is 0 Å². The first-order valence-electron chi connectivity index (χ1n) is 9.46. The number of aromatic hydroxyl groups is 1. The molecule has 144 valence electrons. The maximum atomic E-state index is 13.7. The molecule has 6 heteroatoms. The summed E-state index contributed by atoms with van der Waals surface area (Å²) in [6, 6.07) is 8.25. The number of hydrogen-bond acceptors (Lipinski definition) is 5. The number of hydrogen-bond donors (Lipinski definition) is 2. The number of rotatable bonds is 5. The zero-order chi connectivity index (χ0) is 19.0. The van der Waals surface area contributed by atoms with Gasteiger partial charge in [-0.25, -0.2) is 4.39 Å². The molecule has 2 aliphatic rings. The maximum Gasteiger partial charge on any atom is 0.133 e. The topological polar surface area (TPSA) is 65.8 Å². The third kappa shape index (κ3) is 4.06. The van der Waals surface area contributed by atoms with Crippen LogP contribution in [-0.2, 0) is 0 Å². The molecule has 0 bridgehead atoms. The molecule has 1 aromatic carbocycles. The third-order valence-electron chi connectivity index (χ3n) is 5.77. The van der Waals surface area contributed by atoms with Gasteiger partial charge in [-0.15, -0.1) is 0 Å². The SMILES string of the molecule is Cc1ccc(O[C@H]2C[C@@H]3CN(CC(O)c4ccc(O)cn4)C[C@@H]3C2)cc1F. The Morgan fingerprint density at radius 2 is 1.96 bits per heavy atom. The van der Waals surface area contributed by atoms with Gasteiger partial charge < -0.3 is 14.9 Å². The highest BCUT2D eigenvalue weighted by molar-refractivity contribution is 5.28. The van der Waals surface area contributed by atoms with Crippen LogP contribution in [0.3, 0.4) is 0 Å². The highest BCUT2D eigenvalue weighted by Gasteiger charge is 2.42. The number of likely N-dealkylation sites (tertiary alicyclic amines) is 1. The number of aliphatic hydroxyl groups is 1. The quantitative estimate of drug-likeness (QED) is 0.845. The molecule has 5 nitrogen and oxygen atoms in total. The molecule has 2 fully saturated rings. The summed E-state index contributed by atoms with van der Waals surface area (Å²) in [7, 11) is 0. The van der Waals surface area contributed by atoms with Crippen LogP contribution in [0.25, 0.3) is 0 Å². The highest BCUT2D eigenvalue weighted by atomic mass is 19.1. The van der Waals surface area contributed by atoms with E-state index in [0.29, 0.717) is 35.4 Å². The molecule has 1 saturated carbocycles. The number of halogens is 1. The Kier molecular flexibility index (Phi) is 5.02. The van der Waals surface area contributed by atoms with Gasteiger partial charge in [0.2, 0.25) is 0 Å². The minimum atomic E-state index is -0.660. The van der Waals surface area contributed by atoms with Crippen molar-refractivity contribution in [3.05, 3.63) is 53.6 Å². The van der Waals surface area contributed by atoms with Crippen molar-refractivity contribution in [3.8, 4) is 11.5 Å². The molecule has 2 N–H and O–H groups in total. The standard InChI is InChI=1S/C21H25FN2O3/c1-13-2-4-17(8-19(13)22)27-18-6-14-10-24(11-15(14)7-18)12-21(26)20-5-3-16(25)9-23-20/h2-5,8-9,14-15,18,21,25-26H,6-7,10-12H2,1H3/t14-,15+,18+,21?. The Morgan fingerprint density at radius 1 is 1.22 bits per heavy atom. The normalized spacial score (nSPS) is 26.1. The second-order valence-corrected chi connectivity index (χ2v) is 7.82. The number of β-amino-alcohol motifs (C(OH)–C–C–N with tert-alkyl or cyclic N) is 1. The van der Waals surface area contributed by atoms with Gasteiger partial charge in [0.05, 0.1) is 18.0 Å². The van der Waals surface area contributed by atoms with Crippen molar-refractivity contribution in [3.63, 3.8) is 0 Å². The Morgan fingerprint density at radius 3 is 2.59 bits per heavy atom. The molecule has 0 amide bonds. The van der Waals surface area contributed by atoms with E-state index in [4.69, 9.17) is 4.74 Å². The number of benzene rings is 1. The van der Waals surface area contributed by atoms with Gasteiger partial charge in [0.25, 0.3) is 0 Å². The van der Waals surface area contributed by atoms with E-state index in [1.165, 1.54) is 12.3 Å². The second-order valence-electron chi connectivity index (χ2n) is 7.82. The van der Waals surface area contributed by atoms with Crippen molar-refractivity contribution in [2.75, 3.05) is 19.6 Å². The first-order valence-corrected chi connectivity index (χ1v) is 9.46. The summed E-state index contributed by atoms with van der Waals surface area (Å²) in [5.41, 5.74) is 1.20. The van der Waals surface area contributed by atoms with Crippen LogP contribution in [-0.4, -0.2) is 45.8 Å². The number of fused-ring (bicyclic) bond motifs is 1. The summed E-state index contributed by atoms with van der Waals surface area (Å²) < 4.78 is 19.7. The van der Waals surface area contributed by atoms with E-state index in [1.807, 2.05) is 6.07 Å². The molecular weight excluding hydrogens is 347 g/mol. The summed E-state index contributed by atoms with van der Waals surface area (Å²) in [4.78, 5) is 6.36. The van der Waals surface area contributed by atoms with Gasteiger partial charge in [0.15, 0.2) is 0 Å². The molecule has 1 aromatic heterocycles. The summed E-state index contributed by atoms with van der Waals surface area (Å²) in [6.07, 6.45) is 2.75. The van der Waals surface area contributed by atoms with E-state index in [2.05, 4.69) is 9.88 Å². The van der Waals surface area contributed by atoms with Crippen molar-refractivity contribution in [1.82, 2.24) is 9.88 Å². The number of pyridine rings is 1. The third-order valence-corrected chi connectivity index (χ3v) is 5.77. The monoisotopic (exact) mass is 372 g/mol. The molecule has 4 atom stereocenters. The Bertz CT molecular complexity index is 785. The number of aryl methyl sites for hydroxylation is 1. The Balaban J connectivity index is 1.29. The molecule has 0 radical (unpaired) electrons. The van der Waals surface area contributed by atoms with Gasteiger partial charge in [-0.3, -0.25) is 9.88 Å². The number of ether oxygens (including phenoxy) is 1. The number of aromatic nitrogens is 1. The summed E-state index contributed by atoms with van der Waals surface area (Å²) in [6.45, 7) is 4.15. The van der Waals surface area contributed by atoms with Crippen molar-refractivity contribution < 1.29 is 19.3 Å². The minimum Gasteiger partial charge on any atom is -0.506 e. The van der Waals surface area contributed by atoms with E-state index in [9.17, 15) is 14.6 Å². The van der Waals surface area contributed by atoms with Crippen LogP contribution >= 0.6 is 0 Å². The highest BCUT2D eigenvalue weighted by Crippen LogP contribution is 2.40. The predicted molar refractivity (Wildman–Crippen MR) is 99.1 cm³/mol. The van der Waals surface area contributed by atoms with E-state index < -0.39 is 6.10 Å². The molecule has 0 spiro atoms. The lowest BCUT2D eigenvalue weighted by atomic mass is 10.0. The molecule has 27 heavy (non-hydrogen) atoms. The fourth-order valence-corrected chi connectivity index (χ4v) is 4.36. The van der Waals surface area contributed by atoms with Crippen molar-refractivity contribution in [2.45, 2.75) is 32.0 Å². The zero-order valence-corrected chi connectivity index (χ0v) is 15.4. The van der Waals surface area contributed by atoms with Crippen LogP contribution in [0.2, 0.25) is 0 Å². The Hall–Kier alpha value is -2.18. The van der Waals surface area contributed by atoms with Gasteiger partial charge in [-0.05, 0) is 55.4 Å². The van der Waals surface area contributed by atoms with Crippen LogP contribution in [0.4, 0.5) is 4.39 Å². The van der Waals surface area contributed by atoms with Crippen molar-refractivity contribution >= 4 is 0 Å². The largest absolute Gasteiger partial charge is 0.506 e. The summed E-state index contributed by atoms with van der Waals surface area (Å²) >= 11 is 0. The van der Waals surface area contributed by atoms with Gasteiger partial charge in [0.1, 0.15) is 23.4 Å². The van der Waals surface area contributed by atoms with Crippen LogP contribution < -0.4 is 4.74 Å². The molecule has 2 aromatic rings. The molecule has 2 heterocycles. The lowest BCUT2D eigenvalue weighted by Crippen LogP contribution is -2.29. The lowest BCUT2D eigenvalue weighted by molar-refractivity contribution is 0.113. The van der Waals surface area contributed by atoms with Crippen LogP contribution in [0.5, 0.6) is 11.5 Å². The van der Waals surface area contributed by atoms with Crippen molar-refractivity contribution in [2.24, 2.45) is 11.8 Å². The first-order chi connectivity index (χ1) is 13.0. The molecule has 1 aliphatic heterocycles. The maximum absolute atomic E-state index is 13.7. The van der Waals surface area contributed by atoms with Crippen molar-refractivity contribution in [1.29, 1.82) is 0 Å². The van der Waals surface area contributed by atoms with Gasteiger partial charge in [-0.2, -0.15) is 0 Å². The van der Waals surface area contributed by atoms with Gasteiger partial charge in [-0.1, -0.05) is 6.07 Å². The molecule has 1 unspecified atom stereocenters. The van der Waals surface area contributed by atoms with Gasteiger partial charge in [0, 0.05) is 25.7 Å². The van der Waals surface area contributed by atoms with Crippen LogP contribution in [0, 0.1) is 24.6 Å². The average molecular weight is 372 g/mol.